The summed E-state index contributed by atoms with van der Waals surface area (Å²) in [5, 5.41) is 0. The van der Waals surface area contributed by atoms with E-state index < -0.39 is 20.0 Å². The van der Waals surface area contributed by atoms with Crippen LogP contribution in [0.15, 0.2) is 44.4 Å². The fraction of sp³-hybridized carbons (Fsp3) is 0.333. The van der Waals surface area contributed by atoms with Crippen LogP contribution >= 0.6 is 27.3 Å². The number of halogens is 1. The van der Waals surface area contributed by atoms with Crippen LogP contribution in [0.4, 0.5) is 0 Å². The maximum Gasteiger partial charge on any atom is 0.250 e. The predicted molar refractivity (Wildman–Crippen MR) is 103 cm³/mol. The van der Waals surface area contributed by atoms with Gasteiger partial charge in [-0.2, -0.15) is 0 Å². The molecule has 138 valence electrons. The fourth-order valence-electron chi connectivity index (χ4n) is 2.07. The highest BCUT2D eigenvalue weighted by molar-refractivity contribution is 9.11. The highest BCUT2D eigenvalue weighted by Crippen LogP contribution is 2.25. The maximum absolute atomic E-state index is 12.2. The maximum atomic E-state index is 12.2. The van der Waals surface area contributed by atoms with Crippen molar-refractivity contribution in [3.63, 3.8) is 0 Å². The number of benzene rings is 1. The van der Waals surface area contributed by atoms with Gasteiger partial charge in [0.15, 0.2) is 0 Å². The number of rotatable bonds is 8. The Morgan fingerprint density at radius 3 is 2.12 bits per heavy atom. The quantitative estimate of drug-likeness (QED) is 0.625. The molecule has 0 radical (unpaired) electrons. The molecule has 10 heteroatoms. The monoisotopic (exact) mass is 466 g/mol. The van der Waals surface area contributed by atoms with E-state index in [1.807, 2.05) is 0 Å². The van der Waals surface area contributed by atoms with Crippen LogP contribution in [0, 0.1) is 0 Å². The molecule has 1 heterocycles. The minimum absolute atomic E-state index is 0.111. The molecule has 0 amide bonds. The zero-order chi connectivity index (χ0) is 18.7. The van der Waals surface area contributed by atoms with Crippen molar-refractivity contribution in [3.8, 4) is 0 Å². The number of hydrogen-bond acceptors (Lipinski definition) is 5. The Bertz CT molecular complexity index is 920. The molecule has 0 saturated carbocycles. The molecule has 0 bridgehead atoms. The van der Waals surface area contributed by atoms with Gasteiger partial charge in [0, 0.05) is 12.6 Å². The van der Waals surface area contributed by atoms with Crippen LogP contribution in [0.5, 0.6) is 0 Å². The molecule has 25 heavy (non-hydrogen) atoms. The third-order valence-electron chi connectivity index (χ3n) is 3.07. The zero-order valence-electron chi connectivity index (χ0n) is 13.7. The molecule has 0 aliphatic rings. The molecular formula is C15H19BrN2O4S3. The first-order chi connectivity index (χ1) is 11.6. The Labute approximate surface area is 160 Å². The van der Waals surface area contributed by atoms with Gasteiger partial charge < -0.3 is 0 Å². The Morgan fingerprint density at radius 1 is 1.00 bits per heavy atom. The van der Waals surface area contributed by atoms with E-state index in [4.69, 9.17) is 0 Å². The second-order valence-electron chi connectivity index (χ2n) is 5.73. The van der Waals surface area contributed by atoms with Crippen molar-refractivity contribution in [2.75, 3.05) is 0 Å². The standard InChI is InChI=1S/C15H19BrN2O4S3/c1-11(2)18-24(19,20)10-13-5-3-12(4-6-13)9-17-25(21,22)15-8-7-14(16)23-15/h3-8,11,17-18H,9-10H2,1-2H3. The topological polar surface area (TPSA) is 92.3 Å². The first-order valence-electron chi connectivity index (χ1n) is 7.40. The highest BCUT2D eigenvalue weighted by atomic mass is 79.9. The van der Waals surface area contributed by atoms with Crippen molar-refractivity contribution in [1.29, 1.82) is 0 Å². The summed E-state index contributed by atoms with van der Waals surface area (Å²) in [6.45, 7) is 3.66. The van der Waals surface area contributed by atoms with E-state index >= 15 is 0 Å². The van der Waals surface area contributed by atoms with Gasteiger partial charge in [-0.15, -0.1) is 11.3 Å². The van der Waals surface area contributed by atoms with E-state index in [2.05, 4.69) is 25.4 Å². The molecule has 0 unspecified atom stereocenters. The molecule has 2 rings (SSSR count). The summed E-state index contributed by atoms with van der Waals surface area (Å²) in [6, 6.07) is 9.86. The van der Waals surface area contributed by atoms with Crippen LogP contribution in [-0.2, 0) is 32.3 Å². The zero-order valence-corrected chi connectivity index (χ0v) is 17.7. The summed E-state index contributed by atoms with van der Waals surface area (Å²) in [7, 11) is -6.94. The average molecular weight is 467 g/mol. The van der Waals surface area contributed by atoms with E-state index in [0.717, 1.165) is 20.7 Å². The molecule has 2 aromatic rings. The third-order valence-corrected chi connectivity index (χ3v) is 8.14. The highest BCUT2D eigenvalue weighted by Gasteiger charge is 2.16. The largest absolute Gasteiger partial charge is 0.250 e. The molecular weight excluding hydrogens is 448 g/mol. The Hall–Kier alpha value is -0.780. The van der Waals surface area contributed by atoms with Gasteiger partial charge in [-0.05, 0) is 53.0 Å². The molecule has 0 saturated heterocycles. The van der Waals surface area contributed by atoms with Gasteiger partial charge in [0.1, 0.15) is 4.21 Å². The summed E-state index contributed by atoms with van der Waals surface area (Å²) in [6.07, 6.45) is 0. The van der Waals surface area contributed by atoms with Crippen LogP contribution in [0.3, 0.4) is 0 Å². The van der Waals surface area contributed by atoms with Crippen molar-refractivity contribution in [3.05, 3.63) is 51.3 Å². The Kier molecular flexibility index (Phi) is 6.80. The summed E-state index contributed by atoms with van der Waals surface area (Å²) in [4.78, 5) is 0. The first kappa shape index (κ1) is 20.5. The van der Waals surface area contributed by atoms with Gasteiger partial charge in [-0.3, -0.25) is 0 Å². The van der Waals surface area contributed by atoms with Gasteiger partial charge >= 0.3 is 0 Å². The molecule has 0 fully saturated rings. The van der Waals surface area contributed by atoms with E-state index in [1.54, 1.807) is 44.2 Å². The molecule has 6 nitrogen and oxygen atoms in total. The van der Waals surface area contributed by atoms with Gasteiger partial charge in [0.25, 0.3) is 0 Å². The van der Waals surface area contributed by atoms with Crippen molar-refractivity contribution >= 4 is 47.3 Å². The predicted octanol–water partition coefficient (Wildman–Crippen LogP) is 2.82. The third kappa shape index (κ3) is 6.46. The lowest BCUT2D eigenvalue weighted by atomic mass is 10.1. The molecule has 2 N–H and O–H groups in total. The van der Waals surface area contributed by atoms with Crippen molar-refractivity contribution in [1.82, 2.24) is 9.44 Å². The van der Waals surface area contributed by atoms with Crippen LogP contribution in [0.1, 0.15) is 25.0 Å². The summed E-state index contributed by atoms with van der Waals surface area (Å²) < 4.78 is 54.2. The lowest BCUT2D eigenvalue weighted by Gasteiger charge is -2.10. The Morgan fingerprint density at radius 2 is 1.60 bits per heavy atom. The number of hydrogen-bond donors (Lipinski definition) is 2. The smallest absolute Gasteiger partial charge is 0.212 e. The van der Waals surface area contributed by atoms with E-state index in [9.17, 15) is 16.8 Å². The van der Waals surface area contributed by atoms with Gasteiger partial charge in [0.2, 0.25) is 20.0 Å². The van der Waals surface area contributed by atoms with Crippen LogP contribution < -0.4 is 9.44 Å². The fourth-order valence-corrected chi connectivity index (χ4v) is 6.57. The van der Waals surface area contributed by atoms with E-state index in [-0.39, 0.29) is 22.5 Å². The molecule has 1 aromatic carbocycles. The first-order valence-corrected chi connectivity index (χ1v) is 12.1. The number of thiophene rings is 1. The molecule has 0 atom stereocenters. The Balaban J connectivity index is 1.99. The van der Waals surface area contributed by atoms with Crippen LogP contribution in [-0.4, -0.2) is 22.9 Å². The lowest BCUT2D eigenvalue weighted by Crippen LogP contribution is -2.31. The number of nitrogens with one attached hydrogen (secondary N) is 2. The van der Waals surface area contributed by atoms with E-state index in [1.165, 1.54) is 6.07 Å². The summed E-state index contributed by atoms with van der Waals surface area (Å²) >= 11 is 4.38. The van der Waals surface area contributed by atoms with Gasteiger partial charge in [-0.25, -0.2) is 26.3 Å². The lowest BCUT2D eigenvalue weighted by molar-refractivity contribution is 0.569. The molecule has 0 aliphatic carbocycles. The van der Waals surface area contributed by atoms with E-state index in [0.29, 0.717) is 5.56 Å². The average Bonchev–Trinajstić information content (AvgIpc) is 2.92. The van der Waals surface area contributed by atoms with Crippen molar-refractivity contribution in [2.24, 2.45) is 0 Å². The summed E-state index contributed by atoms with van der Waals surface area (Å²) in [5.41, 5.74) is 1.39. The SMILES string of the molecule is CC(C)NS(=O)(=O)Cc1ccc(CNS(=O)(=O)c2ccc(Br)s2)cc1. The van der Waals surface area contributed by atoms with Crippen LogP contribution in [0.2, 0.25) is 0 Å². The number of sulfonamides is 2. The minimum Gasteiger partial charge on any atom is -0.212 e. The second-order valence-corrected chi connectivity index (χ2v) is 11.9. The van der Waals surface area contributed by atoms with Gasteiger partial charge in [-0.1, -0.05) is 24.3 Å². The van der Waals surface area contributed by atoms with Crippen molar-refractivity contribution < 1.29 is 16.8 Å². The molecule has 0 spiro atoms. The van der Waals surface area contributed by atoms with Crippen LogP contribution in [0.25, 0.3) is 0 Å². The second kappa shape index (κ2) is 8.28. The summed E-state index contributed by atoms with van der Waals surface area (Å²) in [5.74, 6) is -0.111. The minimum atomic E-state index is -3.56. The van der Waals surface area contributed by atoms with Crippen molar-refractivity contribution in [2.45, 2.75) is 36.4 Å². The molecule has 1 aromatic heterocycles. The normalized spacial score (nSPS) is 12.6. The van der Waals surface area contributed by atoms with Gasteiger partial charge in [0.05, 0.1) is 9.54 Å². The molecule has 0 aliphatic heterocycles.